The minimum atomic E-state index is -1.04. The molecule has 0 radical (unpaired) electrons. The summed E-state index contributed by atoms with van der Waals surface area (Å²) in [7, 11) is 2.87. The standard InChI is InChI=1S/C26H22O6/c1-31-23-13-11-19(15-21(23)25(27)28)9-7-17-3-5-18(6-4-17)8-10-20-12-14-24(32-2)22(16-20)26(29)30/h3-16H,1-2H3,(H,27,28)(H,29,30). The topological polar surface area (TPSA) is 93.1 Å². The van der Waals surface area contributed by atoms with Crippen molar-refractivity contribution < 1.29 is 29.3 Å². The predicted octanol–water partition coefficient (Wildman–Crippen LogP) is 5.44. The van der Waals surface area contributed by atoms with Gasteiger partial charge in [0, 0.05) is 0 Å². The van der Waals surface area contributed by atoms with Crippen molar-refractivity contribution in [2.45, 2.75) is 0 Å². The van der Waals surface area contributed by atoms with Gasteiger partial charge in [0.25, 0.3) is 0 Å². The van der Waals surface area contributed by atoms with Crippen LogP contribution in [0.1, 0.15) is 43.0 Å². The van der Waals surface area contributed by atoms with Gasteiger partial charge in [-0.15, -0.1) is 0 Å². The van der Waals surface area contributed by atoms with Crippen molar-refractivity contribution in [3.8, 4) is 11.5 Å². The second kappa shape index (κ2) is 10.1. The summed E-state index contributed by atoms with van der Waals surface area (Å²) in [5.41, 5.74) is 3.63. The van der Waals surface area contributed by atoms with Crippen LogP contribution in [0.4, 0.5) is 0 Å². The van der Waals surface area contributed by atoms with Crippen molar-refractivity contribution in [2.24, 2.45) is 0 Å². The molecule has 0 aliphatic rings. The lowest BCUT2D eigenvalue weighted by atomic mass is 10.1. The maximum Gasteiger partial charge on any atom is 0.339 e. The van der Waals surface area contributed by atoms with Crippen LogP contribution in [0.15, 0.2) is 60.7 Å². The van der Waals surface area contributed by atoms with E-state index in [1.54, 1.807) is 36.4 Å². The molecule has 0 atom stereocenters. The summed E-state index contributed by atoms with van der Waals surface area (Å²) in [4.78, 5) is 22.7. The number of methoxy groups -OCH3 is 2. The predicted molar refractivity (Wildman–Crippen MR) is 124 cm³/mol. The van der Waals surface area contributed by atoms with Crippen molar-refractivity contribution in [3.05, 3.63) is 94.0 Å². The van der Waals surface area contributed by atoms with Crippen LogP contribution in [0.5, 0.6) is 11.5 Å². The summed E-state index contributed by atoms with van der Waals surface area (Å²) in [6.07, 6.45) is 7.45. The van der Waals surface area contributed by atoms with Crippen LogP contribution in [0.2, 0.25) is 0 Å². The summed E-state index contributed by atoms with van der Waals surface area (Å²) in [5.74, 6) is -1.45. The maximum absolute atomic E-state index is 11.3. The fraction of sp³-hybridized carbons (Fsp3) is 0.0769. The number of benzene rings is 3. The molecule has 6 heteroatoms. The quantitative estimate of drug-likeness (QED) is 0.462. The van der Waals surface area contributed by atoms with E-state index in [-0.39, 0.29) is 11.1 Å². The zero-order valence-corrected chi connectivity index (χ0v) is 17.6. The van der Waals surface area contributed by atoms with Gasteiger partial charge in [0.2, 0.25) is 0 Å². The van der Waals surface area contributed by atoms with E-state index in [0.717, 1.165) is 22.3 Å². The van der Waals surface area contributed by atoms with Crippen molar-refractivity contribution in [1.82, 2.24) is 0 Å². The minimum absolute atomic E-state index is 0.111. The SMILES string of the molecule is COc1ccc(C=Cc2ccc(C=Cc3ccc(OC)c(C(=O)O)c3)cc2)cc1C(=O)O. The molecule has 0 saturated heterocycles. The third kappa shape index (κ3) is 5.43. The third-order valence-corrected chi connectivity index (χ3v) is 4.78. The molecule has 0 aliphatic carbocycles. The Morgan fingerprint density at radius 3 is 1.22 bits per heavy atom. The Morgan fingerprint density at radius 1 is 0.594 bits per heavy atom. The molecule has 3 aromatic rings. The van der Waals surface area contributed by atoms with E-state index >= 15 is 0 Å². The van der Waals surface area contributed by atoms with E-state index < -0.39 is 11.9 Å². The van der Waals surface area contributed by atoms with Crippen LogP contribution in [0.3, 0.4) is 0 Å². The van der Waals surface area contributed by atoms with Gasteiger partial charge in [-0.25, -0.2) is 9.59 Å². The number of hydrogen-bond acceptors (Lipinski definition) is 4. The third-order valence-electron chi connectivity index (χ3n) is 4.78. The van der Waals surface area contributed by atoms with E-state index in [2.05, 4.69) is 0 Å². The number of carboxylic acid groups (broad SMARTS) is 2. The number of aromatic carboxylic acids is 2. The van der Waals surface area contributed by atoms with Crippen LogP contribution >= 0.6 is 0 Å². The highest BCUT2D eigenvalue weighted by atomic mass is 16.5. The summed E-state index contributed by atoms with van der Waals surface area (Å²) in [5, 5.41) is 18.6. The fourth-order valence-corrected chi connectivity index (χ4v) is 3.10. The zero-order chi connectivity index (χ0) is 23.1. The number of carbonyl (C=O) groups is 2. The number of hydrogen-bond donors (Lipinski definition) is 2. The Morgan fingerprint density at radius 2 is 0.906 bits per heavy atom. The molecule has 3 rings (SSSR count). The fourth-order valence-electron chi connectivity index (χ4n) is 3.10. The van der Waals surface area contributed by atoms with Crippen molar-refractivity contribution in [3.63, 3.8) is 0 Å². The zero-order valence-electron chi connectivity index (χ0n) is 17.6. The molecule has 0 saturated carbocycles. The van der Waals surface area contributed by atoms with Crippen LogP contribution in [-0.4, -0.2) is 36.4 Å². The first-order valence-corrected chi connectivity index (χ1v) is 9.70. The summed E-state index contributed by atoms with van der Waals surface area (Å²) >= 11 is 0. The molecular formula is C26H22O6. The van der Waals surface area contributed by atoms with Gasteiger partial charge in [-0.2, -0.15) is 0 Å². The Hall–Kier alpha value is -4.32. The van der Waals surface area contributed by atoms with Gasteiger partial charge < -0.3 is 19.7 Å². The Kier molecular flexibility index (Phi) is 7.08. The van der Waals surface area contributed by atoms with Crippen LogP contribution in [-0.2, 0) is 0 Å². The second-order valence-corrected chi connectivity index (χ2v) is 6.86. The molecule has 0 amide bonds. The van der Waals surface area contributed by atoms with E-state index in [4.69, 9.17) is 9.47 Å². The molecule has 0 aromatic heterocycles. The Balaban J connectivity index is 1.73. The van der Waals surface area contributed by atoms with Gasteiger partial charge in [-0.3, -0.25) is 0 Å². The first-order chi connectivity index (χ1) is 15.4. The van der Waals surface area contributed by atoms with Gasteiger partial charge in [0.15, 0.2) is 0 Å². The molecule has 162 valence electrons. The molecule has 0 fully saturated rings. The van der Waals surface area contributed by atoms with Crippen LogP contribution in [0, 0.1) is 0 Å². The number of rotatable bonds is 8. The molecule has 3 aromatic carbocycles. The normalized spacial score (nSPS) is 11.1. The lowest BCUT2D eigenvalue weighted by Gasteiger charge is -2.05. The summed E-state index contributed by atoms with van der Waals surface area (Å²) in [6.45, 7) is 0. The smallest absolute Gasteiger partial charge is 0.339 e. The Bertz CT molecular complexity index is 1090. The molecule has 2 N–H and O–H groups in total. The molecule has 0 spiro atoms. The van der Waals surface area contributed by atoms with Gasteiger partial charge >= 0.3 is 11.9 Å². The summed E-state index contributed by atoms with van der Waals surface area (Å²) < 4.78 is 10.2. The minimum Gasteiger partial charge on any atom is -0.496 e. The molecule has 0 aliphatic heterocycles. The maximum atomic E-state index is 11.3. The number of ether oxygens (including phenoxy) is 2. The van der Waals surface area contributed by atoms with Gasteiger partial charge in [0.1, 0.15) is 22.6 Å². The van der Waals surface area contributed by atoms with Gasteiger partial charge in [-0.05, 0) is 46.5 Å². The average molecular weight is 430 g/mol. The molecule has 6 nitrogen and oxygen atoms in total. The first-order valence-electron chi connectivity index (χ1n) is 9.70. The highest BCUT2D eigenvalue weighted by molar-refractivity contribution is 5.92. The van der Waals surface area contributed by atoms with Crippen molar-refractivity contribution >= 4 is 36.2 Å². The van der Waals surface area contributed by atoms with E-state index in [1.165, 1.54) is 14.2 Å². The van der Waals surface area contributed by atoms with E-state index in [1.807, 2.05) is 48.6 Å². The van der Waals surface area contributed by atoms with Crippen LogP contribution in [0.25, 0.3) is 24.3 Å². The lowest BCUT2D eigenvalue weighted by Crippen LogP contribution is -2.00. The molecule has 0 unspecified atom stereocenters. The molecule has 0 bridgehead atoms. The largest absolute Gasteiger partial charge is 0.496 e. The monoisotopic (exact) mass is 430 g/mol. The van der Waals surface area contributed by atoms with Crippen LogP contribution < -0.4 is 9.47 Å². The highest BCUT2D eigenvalue weighted by Gasteiger charge is 2.11. The second-order valence-electron chi connectivity index (χ2n) is 6.86. The molecule has 0 heterocycles. The van der Waals surface area contributed by atoms with Crippen molar-refractivity contribution in [1.29, 1.82) is 0 Å². The highest BCUT2D eigenvalue weighted by Crippen LogP contribution is 2.23. The van der Waals surface area contributed by atoms with E-state index in [9.17, 15) is 19.8 Å². The van der Waals surface area contributed by atoms with Gasteiger partial charge in [0.05, 0.1) is 14.2 Å². The first kappa shape index (κ1) is 22.4. The average Bonchev–Trinajstić information content (AvgIpc) is 2.81. The number of carboxylic acids is 2. The van der Waals surface area contributed by atoms with E-state index in [0.29, 0.717) is 11.5 Å². The molecule has 32 heavy (non-hydrogen) atoms. The van der Waals surface area contributed by atoms with Gasteiger partial charge in [-0.1, -0.05) is 60.7 Å². The van der Waals surface area contributed by atoms with Crippen molar-refractivity contribution in [2.75, 3.05) is 14.2 Å². The Labute approximate surface area is 185 Å². The molecular weight excluding hydrogens is 408 g/mol. The summed E-state index contributed by atoms with van der Waals surface area (Å²) in [6, 6.07) is 17.7. The lowest BCUT2D eigenvalue weighted by molar-refractivity contribution is 0.0682.